The Bertz CT molecular complexity index is 592. The van der Waals surface area contributed by atoms with Crippen LogP contribution in [0.3, 0.4) is 0 Å². The molecule has 2 rings (SSSR count). The first kappa shape index (κ1) is 11.6. The van der Waals surface area contributed by atoms with E-state index in [-0.39, 0.29) is 22.7 Å². The molecule has 0 aliphatic carbocycles. The summed E-state index contributed by atoms with van der Waals surface area (Å²) in [5, 5.41) is 26.7. The lowest BCUT2D eigenvalue weighted by atomic mass is 10.1. The highest BCUT2D eigenvalue weighted by Gasteiger charge is 2.14. The number of phenols is 1. The van der Waals surface area contributed by atoms with Crippen molar-refractivity contribution in [1.82, 2.24) is 10.2 Å². The van der Waals surface area contributed by atoms with Crippen molar-refractivity contribution in [2.75, 3.05) is 5.32 Å². The predicted octanol–water partition coefficient (Wildman–Crippen LogP) is 1.07. The highest BCUT2D eigenvalue weighted by Crippen LogP contribution is 2.21. The van der Waals surface area contributed by atoms with Gasteiger partial charge in [0.25, 0.3) is 5.91 Å². The number of hydrogen-bond donors (Lipinski definition) is 4. The van der Waals surface area contributed by atoms with Crippen LogP contribution in [0.5, 0.6) is 5.75 Å². The van der Waals surface area contributed by atoms with E-state index in [4.69, 9.17) is 5.11 Å². The van der Waals surface area contributed by atoms with Gasteiger partial charge < -0.3 is 15.5 Å². The van der Waals surface area contributed by atoms with Gasteiger partial charge in [-0.3, -0.25) is 9.89 Å². The summed E-state index contributed by atoms with van der Waals surface area (Å²) < 4.78 is 0. The standard InChI is InChI=1S/C11H9N3O4/c15-6-1-2-8(7(5-6)11(17)18)13-10(16)9-3-4-12-14-9/h1-5,15H,(H,12,14)(H,13,16)(H,17,18). The Morgan fingerprint density at radius 3 is 2.67 bits per heavy atom. The van der Waals surface area contributed by atoms with Gasteiger partial charge >= 0.3 is 5.97 Å². The summed E-state index contributed by atoms with van der Waals surface area (Å²) in [6, 6.07) is 5.11. The minimum absolute atomic E-state index is 0.0971. The van der Waals surface area contributed by atoms with E-state index < -0.39 is 11.9 Å². The number of phenolic OH excluding ortho intramolecular Hbond substituents is 1. The predicted molar refractivity (Wildman–Crippen MR) is 61.6 cm³/mol. The lowest BCUT2D eigenvalue weighted by molar-refractivity contribution is 0.0697. The number of carbonyl (C=O) groups is 2. The van der Waals surface area contributed by atoms with Gasteiger partial charge in [0.1, 0.15) is 11.4 Å². The van der Waals surface area contributed by atoms with Crippen LogP contribution < -0.4 is 5.32 Å². The van der Waals surface area contributed by atoms with Gasteiger partial charge in [0, 0.05) is 6.20 Å². The van der Waals surface area contributed by atoms with Crippen LogP contribution in [0.25, 0.3) is 0 Å². The molecule has 1 heterocycles. The van der Waals surface area contributed by atoms with E-state index >= 15 is 0 Å². The van der Waals surface area contributed by atoms with Crippen LogP contribution in [0.1, 0.15) is 20.8 Å². The number of aromatic amines is 1. The van der Waals surface area contributed by atoms with E-state index in [1.54, 1.807) is 0 Å². The third-order valence-corrected chi connectivity index (χ3v) is 2.23. The van der Waals surface area contributed by atoms with Crippen molar-refractivity contribution in [1.29, 1.82) is 0 Å². The summed E-state index contributed by atoms with van der Waals surface area (Å²) >= 11 is 0. The summed E-state index contributed by atoms with van der Waals surface area (Å²) in [6.45, 7) is 0. The molecule has 0 saturated carbocycles. The van der Waals surface area contributed by atoms with Crippen LogP contribution >= 0.6 is 0 Å². The maximum Gasteiger partial charge on any atom is 0.337 e. The maximum absolute atomic E-state index is 11.7. The SMILES string of the molecule is O=C(Nc1ccc(O)cc1C(=O)O)c1ccn[nH]1. The summed E-state index contributed by atoms with van der Waals surface area (Å²) in [5.41, 5.74) is 0.113. The van der Waals surface area contributed by atoms with Crippen molar-refractivity contribution in [3.63, 3.8) is 0 Å². The number of carbonyl (C=O) groups excluding carboxylic acids is 1. The van der Waals surface area contributed by atoms with Crippen molar-refractivity contribution >= 4 is 17.6 Å². The first-order valence-electron chi connectivity index (χ1n) is 4.95. The molecule has 7 nitrogen and oxygen atoms in total. The van der Waals surface area contributed by atoms with Crippen molar-refractivity contribution in [2.24, 2.45) is 0 Å². The number of amides is 1. The maximum atomic E-state index is 11.7. The number of nitrogens with zero attached hydrogens (tertiary/aromatic N) is 1. The molecule has 0 spiro atoms. The lowest BCUT2D eigenvalue weighted by Gasteiger charge is -2.07. The fourth-order valence-electron chi connectivity index (χ4n) is 1.39. The lowest BCUT2D eigenvalue weighted by Crippen LogP contribution is -2.15. The van der Waals surface area contributed by atoms with E-state index in [9.17, 15) is 14.7 Å². The fraction of sp³-hybridized carbons (Fsp3) is 0. The molecule has 0 radical (unpaired) electrons. The number of anilines is 1. The number of carboxylic acid groups (broad SMARTS) is 1. The van der Waals surface area contributed by atoms with Crippen LogP contribution in [0.15, 0.2) is 30.5 Å². The number of H-pyrrole nitrogens is 1. The normalized spacial score (nSPS) is 10.0. The topological polar surface area (TPSA) is 115 Å². The van der Waals surface area contributed by atoms with Crippen molar-refractivity contribution < 1.29 is 19.8 Å². The Balaban J connectivity index is 2.29. The zero-order valence-corrected chi connectivity index (χ0v) is 9.04. The Morgan fingerprint density at radius 1 is 1.28 bits per heavy atom. The molecule has 2 aromatic rings. The number of hydrogen-bond acceptors (Lipinski definition) is 4. The molecule has 0 fully saturated rings. The zero-order valence-electron chi connectivity index (χ0n) is 9.04. The van der Waals surface area contributed by atoms with Gasteiger partial charge in [0.15, 0.2) is 0 Å². The Kier molecular flexibility index (Phi) is 2.96. The second-order valence-corrected chi connectivity index (χ2v) is 3.46. The molecule has 92 valence electrons. The number of aromatic nitrogens is 2. The second kappa shape index (κ2) is 4.58. The van der Waals surface area contributed by atoms with Gasteiger partial charge in [-0.1, -0.05) is 0 Å². The van der Waals surface area contributed by atoms with Gasteiger partial charge in [-0.2, -0.15) is 5.10 Å². The first-order chi connectivity index (χ1) is 8.58. The minimum atomic E-state index is -1.24. The van der Waals surface area contributed by atoms with Gasteiger partial charge in [-0.15, -0.1) is 0 Å². The third-order valence-electron chi connectivity index (χ3n) is 2.23. The monoisotopic (exact) mass is 247 g/mol. The highest BCUT2D eigenvalue weighted by atomic mass is 16.4. The number of aromatic carboxylic acids is 1. The largest absolute Gasteiger partial charge is 0.508 e. The van der Waals surface area contributed by atoms with E-state index in [1.165, 1.54) is 24.4 Å². The van der Waals surface area contributed by atoms with Crippen LogP contribution in [-0.2, 0) is 0 Å². The van der Waals surface area contributed by atoms with Crippen LogP contribution in [0.4, 0.5) is 5.69 Å². The van der Waals surface area contributed by atoms with Gasteiger partial charge in [0.2, 0.25) is 0 Å². The Morgan fingerprint density at radius 2 is 2.06 bits per heavy atom. The molecule has 0 unspecified atom stereocenters. The van der Waals surface area contributed by atoms with Gasteiger partial charge in [-0.25, -0.2) is 4.79 Å². The van der Waals surface area contributed by atoms with Crippen LogP contribution in [0.2, 0.25) is 0 Å². The van der Waals surface area contributed by atoms with E-state index in [0.717, 1.165) is 6.07 Å². The van der Waals surface area contributed by atoms with E-state index in [1.807, 2.05) is 0 Å². The van der Waals surface area contributed by atoms with E-state index in [0.29, 0.717) is 0 Å². The number of nitrogens with one attached hydrogen (secondary N) is 2. The zero-order chi connectivity index (χ0) is 13.1. The van der Waals surface area contributed by atoms with E-state index in [2.05, 4.69) is 15.5 Å². The Labute approximate surface area is 101 Å². The smallest absolute Gasteiger partial charge is 0.337 e. The van der Waals surface area contributed by atoms with Crippen molar-refractivity contribution in [3.05, 3.63) is 41.7 Å². The third kappa shape index (κ3) is 2.29. The first-order valence-corrected chi connectivity index (χ1v) is 4.95. The molecule has 1 amide bonds. The summed E-state index contributed by atoms with van der Waals surface area (Å²) in [5.74, 6) is -1.95. The van der Waals surface area contributed by atoms with Gasteiger partial charge in [0.05, 0.1) is 11.3 Å². The molecule has 7 heteroatoms. The molecule has 18 heavy (non-hydrogen) atoms. The molecule has 1 aromatic heterocycles. The molecule has 0 saturated heterocycles. The Hall–Kier alpha value is -2.83. The molecular weight excluding hydrogens is 238 g/mol. The molecule has 0 atom stereocenters. The molecule has 1 aromatic carbocycles. The van der Waals surface area contributed by atoms with Gasteiger partial charge in [-0.05, 0) is 24.3 Å². The van der Waals surface area contributed by atoms with Crippen molar-refractivity contribution in [3.8, 4) is 5.75 Å². The quantitative estimate of drug-likeness (QED) is 0.605. The van der Waals surface area contributed by atoms with Crippen LogP contribution in [0, 0.1) is 0 Å². The number of benzene rings is 1. The summed E-state index contributed by atoms with van der Waals surface area (Å²) in [4.78, 5) is 22.7. The number of carboxylic acids is 1. The molecule has 0 aliphatic heterocycles. The number of rotatable bonds is 3. The molecule has 0 bridgehead atoms. The average molecular weight is 247 g/mol. The molecular formula is C11H9N3O4. The highest BCUT2D eigenvalue weighted by molar-refractivity contribution is 6.06. The number of aromatic hydroxyl groups is 1. The average Bonchev–Trinajstić information content (AvgIpc) is 2.84. The van der Waals surface area contributed by atoms with Crippen molar-refractivity contribution in [2.45, 2.75) is 0 Å². The van der Waals surface area contributed by atoms with Crippen LogP contribution in [-0.4, -0.2) is 32.3 Å². The molecule has 4 N–H and O–H groups in total. The summed E-state index contributed by atoms with van der Waals surface area (Å²) in [7, 11) is 0. The fourth-order valence-corrected chi connectivity index (χ4v) is 1.39. The summed E-state index contributed by atoms with van der Waals surface area (Å²) in [6.07, 6.45) is 1.41. The second-order valence-electron chi connectivity index (χ2n) is 3.46. The minimum Gasteiger partial charge on any atom is -0.508 e. The molecule has 0 aliphatic rings.